The highest BCUT2D eigenvalue weighted by Gasteiger charge is 2.18. The Kier molecular flexibility index (Phi) is 5.88. The van der Waals surface area contributed by atoms with Crippen molar-refractivity contribution >= 4 is 44.2 Å². The number of carbonyl (C=O) groups excluding carboxylic acids is 2. The molecule has 1 aliphatic rings. The van der Waals surface area contributed by atoms with Crippen LogP contribution in [0.3, 0.4) is 0 Å². The summed E-state index contributed by atoms with van der Waals surface area (Å²) >= 11 is 4.76. The maximum Gasteiger partial charge on any atom is 0.289 e. The van der Waals surface area contributed by atoms with Gasteiger partial charge in [-0.25, -0.2) is 9.67 Å². The van der Waals surface area contributed by atoms with E-state index in [2.05, 4.69) is 41.8 Å². The average Bonchev–Trinajstić information content (AvgIpc) is 3.43. The van der Waals surface area contributed by atoms with Gasteiger partial charge in [0.1, 0.15) is 5.69 Å². The molecule has 0 radical (unpaired) electrons. The highest BCUT2D eigenvalue weighted by atomic mass is 79.9. The van der Waals surface area contributed by atoms with Gasteiger partial charge in [-0.15, -0.1) is 11.3 Å². The van der Waals surface area contributed by atoms with Crippen LogP contribution in [0.1, 0.15) is 20.8 Å². The van der Waals surface area contributed by atoms with E-state index >= 15 is 0 Å². The lowest BCUT2D eigenvalue weighted by atomic mass is 10.3. The lowest BCUT2D eigenvalue weighted by molar-refractivity contribution is 0.0844. The second kappa shape index (κ2) is 8.72. The van der Waals surface area contributed by atoms with E-state index in [0.717, 1.165) is 28.4 Å². The first kappa shape index (κ1) is 19.6. The Morgan fingerprint density at radius 1 is 1.10 bits per heavy atom. The number of hydrazine groups is 1. The monoisotopic (exact) mass is 476 g/mol. The first-order valence-electron chi connectivity index (χ1n) is 8.80. The molecule has 0 atom stereocenters. The molecular weight excluding hydrogens is 460 g/mol. The summed E-state index contributed by atoms with van der Waals surface area (Å²) < 4.78 is 7.85. The number of nitrogens with one attached hydrogen (secondary N) is 2. The number of amides is 2. The van der Waals surface area contributed by atoms with E-state index in [1.807, 2.05) is 24.3 Å². The number of nitrogens with zero attached hydrogens (tertiary/aromatic N) is 4. The van der Waals surface area contributed by atoms with E-state index in [1.165, 1.54) is 17.5 Å². The summed E-state index contributed by atoms with van der Waals surface area (Å²) in [5.74, 6) is -0.945. The normalized spacial score (nSPS) is 13.9. The molecule has 1 fully saturated rings. The highest BCUT2D eigenvalue weighted by Crippen LogP contribution is 2.21. The molecule has 0 spiro atoms. The predicted octanol–water partition coefficient (Wildman–Crippen LogP) is 2.00. The zero-order chi connectivity index (χ0) is 20.2. The number of ether oxygens (including phenoxy) is 1. The van der Waals surface area contributed by atoms with Crippen molar-refractivity contribution < 1.29 is 14.3 Å². The number of morpholine rings is 1. The Hall–Kier alpha value is -2.76. The van der Waals surface area contributed by atoms with Gasteiger partial charge in [0.25, 0.3) is 11.8 Å². The summed E-state index contributed by atoms with van der Waals surface area (Å²) in [7, 11) is 0. The quantitative estimate of drug-likeness (QED) is 0.558. The summed E-state index contributed by atoms with van der Waals surface area (Å²) in [5, 5.41) is 6.61. The van der Waals surface area contributed by atoms with Crippen LogP contribution < -0.4 is 15.8 Å². The third-order valence-corrected chi connectivity index (χ3v) is 5.66. The largest absolute Gasteiger partial charge is 0.378 e. The molecule has 1 aliphatic heterocycles. The van der Waals surface area contributed by atoms with Gasteiger partial charge in [0.05, 0.1) is 30.7 Å². The summed E-state index contributed by atoms with van der Waals surface area (Å²) in [6.07, 6.45) is 3.02. The third-order valence-electron chi connectivity index (χ3n) is 4.23. The van der Waals surface area contributed by atoms with Gasteiger partial charge in [0, 0.05) is 29.1 Å². The Balaban J connectivity index is 1.34. The van der Waals surface area contributed by atoms with Crippen molar-refractivity contribution in [3.8, 4) is 5.69 Å². The van der Waals surface area contributed by atoms with Crippen molar-refractivity contribution in [1.29, 1.82) is 0 Å². The average molecular weight is 477 g/mol. The summed E-state index contributed by atoms with van der Waals surface area (Å²) in [6, 6.07) is 7.51. The van der Waals surface area contributed by atoms with Crippen molar-refractivity contribution in [2.24, 2.45) is 0 Å². The smallest absolute Gasteiger partial charge is 0.289 e. The lowest BCUT2D eigenvalue weighted by Crippen LogP contribution is -2.41. The molecule has 0 saturated carbocycles. The van der Waals surface area contributed by atoms with Crippen LogP contribution in [0.25, 0.3) is 5.69 Å². The fourth-order valence-electron chi connectivity index (χ4n) is 2.69. The van der Waals surface area contributed by atoms with Crippen molar-refractivity contribution in [1.82, 2.24) is 25.6 Å². The van der Waals surface area contributed by atoms with Crippen LogP contribution >= 0.6 is 27.3 Å². The molecule has 2 N–H and O–H groups in total. The fourth-order valence-corrected chi connectivity index (χ4v) is 3.82. The van der Waals surface area contributed by atoms with Gasteiger partial charge in [-0.2, -0.15) is 5.10 Å². The molecule has 1 saturated heterocycles. The molecule has 4 rings (SSSR count). The zero-order valence-corrected chi connectivity index (χ0v) is 17.6. The van der Waals surface area contributed by atoms with Crippen LogP contribution in [0, 0.1) is 0 Å². The minimum Gasteiger partial charge on any atom is -0.378 e. The maximum absolute atomic E-state index is 12.3. The van der Waals surface area contributed by atoms with Crippen LogP contribution in [0.2, 0.25) is 0 Å². The molecule has 2 amide bonds. The van der Waals surface area contributed by atoms with E-state index in [1.54, 1.807) is 16.3 Å². The number of aromatic nitrogens is 3. The molecule has 3 heterocycles. The number of anilines is 1. The number of hydrogen-bond donors (Lipinski definition) is 2. The van der Waals surface area contributed by atoms with Crippen LogP contribution in [0.4, 0.5) is 5.13 Å². The van der Waals surface area contributed by atoms with Crippen molar-refractivity contribution in [3.63, 3.8) is 0 Å². The van der Waals surface area contributed by atoms with Gasteiger partial charge >= 0.3 is 0 Å². The lowest BCUT2D eigenvalue weighted by Gasteiger charge is -2.25. The molecule has 9 nitrogen and oxygen atoms in total. The number of halogens is 1. The molecule has 0 bridgehead atoms. The molecule has 11 heteroatoms. The van der Waals surface area contributed by atoms with E-state index in [0.29, 0.717) is 18.8 Å². The SMILES string of the molecule is O=C(NNC(=O)c1csc(N2CCOCC2)n1)c1cnn(-c2ccc(Br)cc2)c1. The number of thiazole rings is 1. The van der Waals surface area contributed by atoms with Crippen LogP contribution in [-0.4, -0.2) is 52.9 Å². The molecule has 29 heavy (non-hydrogen) atoms. The zero-order valence-electron chi connectivity index (χ0n) is 15.2. The first-order chi connectivity index (χ1) is 14.1. The van der Waals surface area contributed by atoms with E-state index in [4.69, 9.17) is 4.74 Å². The second-order valence-corrected chi connectivity index (χ2v) is 7.93. The number of carbonyl (C=O) groups is 2. The van der Waals surface area contributed by atoms with Crippen LogP contribution in [-0.2, 0) is 4.74 Å². The summed E-state index contributed by atoms with van der Waals surface area (Å²) in [6.45, 7) is 2.78. The van der Waals surface area contributed by atoms with Crippen LogP contribution in [0.5, 0.6) is 0 Å². The Morgan fingerprint density at radius 3 is 2.59 bits per heavy atom. The Morgan fingerprint density at radius 2 is 1.83 bits per heavy atom. The fraction of sp³-hybridized carbons (Fsp3) is 0.222. The van der Waals surface area contributed by atoms with Crippen molar-refractivity contribution in [3.05, 3.63) is 57.8 Å². The number of benzene rings is 1. The number of rotatable bonds is 4. The summed E-state index contributed by atoms with van der Waals surface area (Å²) in [4.78, 5) is 31.0. The Labute approximate surface area is 178 Å². The number of hydrogen-bond acceptors (Lipinski definition) is 7. The minimum atomic E-state index is -0.477. The highest BCUT2D eigenvalue weighted by molar-refractivity contribution is 9.10. The van der Waals surface area contributed by atoms with Gasteiger partial charge in [-0.05, 0) is 24.3 Å². The van der Waals surface area contributed by atoms with E-state index in [-0.39, 0.29) is 5.69 Å². The molecule has 1 aromatic carbocycles. The van der Waals surface area contributed by atoms with E-state index < -0.39 is 11.8 Å². The molecule has 0 unspecified atom stereocenters. The van der Waals surface area contributed by atoms with Gasteiger partial charge in [-0.1, -0.05) is 15.9 Å². The second-order valence-electron chi connectivity index (χ2n) is 6.17. The standard InChI is InChI=1S/C18H17BrN6O3S/c19-13-1-3-14(4-2-13)25-10-12(9-20-25)16(26)22-23-17(27)15-11-29-18(21-15)24-5-7-28-8-6-24/h1-4,9-11H,5-8H2,(H,22,26)(H,23,27). The maximum atomic E-state index is 12.3. The molecule has 2 aromatic heterocycles. The summed E-state index contributed by atoms with van der Waals surface area (Å²) in [5.41, 5.74) is 6.17. The first-order valence-corrected chi connectivity index (χ1v) is 10.5. The van der Waals surface area contributed by atoms with Gasteiger partial charge in [-0.3, -0.25) is 20.4 Å². The van der Waals surface area contributed by atoms with Crippen LogP contribution in [0.15, 0.2) is 46.5 Å². The Bertz CT molecular complexity index is 1010. The molecular formula is C18H17BrN6O3S. The molecule has 0 aliphatic carbocycles. The van der Waals surface area contributed by atoms with E-state index in [9.17, 15) is 9.59 Å². The molecule has 3 aromatic rings. The van der Waals surface area contributed by atoms with Crippen molar-refractivity contribution in [2.45, 2.75) is 0 Å². The van der Waals surface area contributed by atoms with Gasteiger partial charge < -0.3 is 9.64 Å². The molecule has 150 valence electrons. The van der Waals surface area contributed by atoms with Gasteiger partial charge in [0.15, 0.2) is 5.13 Å². The third kappa shape index (κ3) is 4.63. The van der Waals surface area contributed by atoms with Crippen molar-refractivity contribution in [2.75, 3.05) is 31.2 Å². The van der Waals surface area contributed by atoms with Gasteiger partial charge in [0.2, 0.25) is 0 Å². The minimum absolute atomic E-state index is 0.252. The topological polar surface area (TPSA) is 101 Å². The predicted molar refractivity (Wildman–Crippen MR) is 111 cm³/mol.